The maximum atomic E-state index is 14.0. The first kappa shape index (κ1) is 14.9. The molecule has 3 aromatic rings. The highest BCUT2D eigenvalue weighted by Gasteiger charge is 2.20. The first-order chi connectivity index (χ1) is 10.5. The summed E-state index contributed by atoms with van der Waals surface area (Å²) in [6, 6.07) is 7.66. The topological polar surface area (TPSA) is 17.8 Å². The Hall–Kier alpha value is -1.98. The predicted octanol–water partition coefficient (Wildman–Crippen LogP) is 5.26. The lowest BCUT2D eigenvalue weighted by Crippen LogP contribution is -2.01. The van der Waals surface area contributed by atoms with E-state index < -0.39 is 23.0 Å². The second kappa shape index (κ2) is 5.66. The van der Waals surface area contributed by atoms with E-state index in [0.717, 1.165) is 0 Å². The van der Waals surface area contributed by atoms with E-state index in [2.05, 4.69) is 4.98 Å². The van der Waals surface area contributed by atoms with Crippen molar-refractivity contribution in [1.29, 1.82) is 0 Å². The molecule has 0 radical (unpaired) electrons. The van der Waals surface area contributed by atoms with Crippen LogP contribution in [0.1, 0.15) is 0 Å². The Labute approximate surface area is 133 Å². The molecule has 0 saturated carbocycles. The third kappa shape index (κ3) is 2.58. The summed E-state index contributed by atoms with van der Waals surface area (Å²) in [6.07, 6.45) is 1.22. The minimum Gasteiger partial charge on any atom is -0.283 e. The summed E-state index contributed by atoms with van der Waals surface area (Å²) >= 11 is 11.8. The van der Waals surface area contributed by atoms with Crippen molar-refractivity contribution in [1.82, 2.24) is 9.55 Å². The van der Waals surface area contributed by atoms with Gasteiger partial charge in [-0.15, -0.1) is 0 Å². The highest BCUT2D eigenvalue weighted by Crippen LogP contribution is 2.32. The molecule has 1 aromatic heterocycles. The Morgan fingerprint density at radius 3 is 2.09 bits per heavy atom. The Kier molecular flexibility index (Phi) is 3.85. The van der Waals surface area contributed by atoms with Crippen molar-refractivity contribution < 1.29 is 13.2 Å². The lowest BCUT2D eigenvalue weighted by molar-refractivity contribution is 0.547. The van der Waals surface area contributed by atoms with Gasteiger partial charge in [0.2, 0.25) is 5.28 Å². The van der Waals surface area contributed by atoms with E-state index >= 15 is 0 Å². The Morgan fingerprint density at radius 1 is 0.909 bits per heavy atom. The van der Waals surface area contributed by atoms with Gasteiger partial charge >= 0.3 is 0 Å². The fourth-order valence-corrected chi connectivity index (χ4v) is 2.49. The van der Waals surface area contributed by atoms with Gasteiger partial charge in [-0.05, 0) is 35.9 Å². The summed E-state index contributed by atoms with van der Waals surface area (Å²) in [4.78, 5) is 3.86. The third-order valence-corrected chi connectivity index (χ3v) is 3.59. The number of hydrogen-bond acceptors (Lipinski definition) is 1. The number of benzene rings is 2. The van der Waals surface area contributed by atoms with Crippen molar-refractivity contribution in [2.24, 2.45) is 0 Å². The van der Waals surface area contributed by atoms with Gasteiger partial charge in [-0.2, -0.15) is 0 Å². The van der Waals surface area contributed by atoms with E-state index in [1.807, 2.05) is 0 Å². The second-order valence-electron chi connectivity index (χ2n) is 4.47. The zero-order valence-electron chi connectivity index (χ0n) is 10.8. The van der Waals surface area contributed by atoms with E-state index in [-0.39, 0.29) is 11.0 Å². The van der Waals surface area contributed by atoms with Crippen LogP contribution >= 0.6 is 23.2 Å². The molecule has 0 fully saturated rings. The van der Waals surface area contributed by atoms with Crippen LogP contribution in [0.3, 0.4) is 0 Å². The van der Waals surface area contributed by atoms with Crippen molar-refractivity contribution in [2.45, 2.75) is 0 Å². The fraction of sp³-hybridized carbons (Fsp3) is 0. The molecule has 0 aliphatic carbocycles. The molecule has 0 aliphatic rings. The molecule has 0 saturated heterocycles. The van der Waals surface area contributed by atoms with Crippen molar-refractivity contribution in [2.75, 3.05) is 0 Å². The molecule has 0 amide bonds. The summed E-state index contributed by atoms with van der Waals surface area (Å²) < 4.78 is 42.4. The molecule has 0 N–H and O–H groups in total. The molecule has 2 nitrogen and oxygen atoms in total. The van der Waals surface area contributed by atoms with Crippen LogP contribution in [0.4, 0.5) is 13.2 Å². The Balaban J connectivity index is 2.24. The fourth-order valence-electron chi connectivity index (χ4n) is 2.13. The molecular weight excluding hydrogens is 336 g/mol. The first-order valence-corrected chi connectivity index (χ1v) is 6.87. The van der Waals surface area contributed by atoms with Gasteiger partial charge in [0.15, 0.2) is 0 Å². The largest absolute Gasteiger partial charge is 0.283 e. The van der Waals surface area contributed by atoms with Crippen molar-refractivity contribution in [3.63, 3.8) is 0 Å². The molecule has 0 atom stereocenters. The van der Waals surface area contributed by atoms with Crippen LogP contribution in [0, 0.1) is 17.5 Å². The van der Waals surface area contributed by atoms with E-state index in [1.54, 1.807) is 24.3 Å². The molecule has 0 bridgehead atoms. The molecule has 7 heteroatoms. The molecule has 2 aromatic carbocycles. The number of imidazole rings is 1. The summed E-state index contributed by atoms with van der Waals surface area (Å²) in [5.74, 6) is -3.07. The molecule has 22 heavy (non-hydrogen) atoms. The monoisotopic (exact) mass is 342 g/mol. The summed E-state index contributed by atoms with van der Waals surface area (Å²) in [7, 11) is 0. The quantitative estimate of drug-likeness (QED) is 0.620. The maximum absolute atomic E-state index is 14.0. The van der Waals surface area contributed by atoms with Gasteiger partial charge in [0.1, 0.15) is 17.5 Å². The van der Waals surface area contributed by atoms with E-state index in [9.17, 15) is 13.2 Å². The van der Waals surface area contributed by atoms with Gasteiger partial charge in [-0.1, -0.05) is 11.6 Å². The molecule has 1 heterocycles. The van der Waals surface area contributed by atoms with E-state index in [4.69, 9.17) is 23.2 Å². The van der Waals surface area contributed by atoms with Gasteiger partial charge in [0.25, 0.3) is 0 Å². The molecule has 3 rings (SSSR count). The van der Waals surface area contributed by atoms with Gasteiger partial charge in [0.05, 0.1) is 17.5 Å². The average molecular weight is 343 g/mol. The predicted molar refractivity (Wildman–Crippen MR) is 78.9 cm³/mol. The Morgan fingerprint density at radius 2 is 1.50 bits per heavy atom. The second-order valence-corrected chi connectivity index (χ2v) is 5.24. The summed E-state index contributed by atoms with van der Waals surface area (Å²) in [5.41, 5.74) is 0.183. The number of hydrogen-bond donors (Lipinski definition) is 0. The highest BCUT2D eigenvalue weighted by molar-refractivity contribution is 6.30. The number of rotatable bonds is 2. The minimum absolute atomic E-state index is 0.0143. The van der Waals surface area contributed by atoms with Gasteiger partial charge < -0.3 is 0 Å². The molecule has 112 valence electrons. The molecule has 0 spiro atoms. The highest BCUT2D eigenvalue weighted by atomic mass is 35.5. The van der Waals surface area contributed by atoms with Crippen molar-refractivity contribution in [3.05, 3.63) is 70.4 Å². The lowest BCUT2D eigenvalue weighted by atomic mass is 10.1. The van der Waals surface area contributed by atoms with Crippen LogP contribution < -0.4 is 0 Å². The summed E-state index contributed by atoms with van der Waals surface area (Å²) in [6.45, 7) is 0. The van der Waals surface area contributed by atoms with Crippen molar-refractivity contribution in [3.8, 4) is 16.9 Å². The number of nitrogens with zero attached hydrogens (tertiary/aromatic N) is 2. The molecule has 0 aliphatic heterocycles. The minimum atomic E-state index is -1.04. The average Bonchev–Trinajstić information content (AvgIpc) is 2.80. The van der Waals surface area contributed by atoms with Crippen LogP contribution in [0.25, 0.3) is 16.9 Å². The standard InChI is InChI=1S/C15H7Cl2F3N2/c16-8-1-3-10(4-2-8)22-13(7-21-15(22)17)14-11(19)5-9(18)6-12(14)20/h1-7H. The first-order valence-electron chi connectivity index (χ1n) is 6.11. The van der Waals surface area contributed by atoms with E-state index in [0.29, 0.717) is 22.8 Å². The van der Waals surface area contributed by atoms with Crippen LogP contribution in [-0.4, -0.2) is 9.55 Å². The van der Waals surface area contributed by atoms with Gasteiger partial charge in [-0.3, -0.25) is 4.57 Å². The van der Waals surface area contributed by atoms with Crippen molar-refractivity contribution >= 4 is 23.2 Å². The third-order valence-electron chi connectivity index (χ3n) is 3.07. The lowest BCUT2D eigenvalue weighted by Gasteiger charge is -2.11. The zero-order chi connectivity index (χ0) is 15.9. The number of halogens is 5. The summed E-state index contributed by atoms with van der Waals surface area (Å²) in [5, 5.41) is 0.515. The van der Waals surface area contributed by atoms with Gasteiger partial charge in [-0.25, -0.2) is 18.2 Å². The maximum Gasteiger partial charge on any atom is 0.207 e. The van der Waals surface area contributed by atoms with Gasteiger partial charge in [0, 0.05) is 22.8 Å². The zero-order valence-corrected chi connectivity index (χ0v) is 12.3. The normalized spacial score (nSPS) is 11.0. The molecule has 0 unspecified atom stereocenters. The SMILES string of the molecule is Fc1cc(F)c(-c2cnc(Cl)n2-c2ccc(Cl)cc2)c(F)c1. The van der Waals surface area contributed by atoms with Crippen LogP contribution in [0.2, 0.25) is 10.3 Å². The van der Waals surface area contributed by atoms with Crippen LogP contribution in [-0.2, 0) is 0 Å². The van der Waals surface area contributed by atoms with E-state index in [1.165, 1.54) is 10.8 Å². The Bertz CT molecular complexity index is 821. The van der Waals surface area contributed by atoms with Crippen LogP contribution in [0.15, 0.2) is 42.6 Å². The number of aromatic nitrogens is 2. The smallest absolute Gasteiger partial charge is 0.207 e. The van der Waals surface area contributed by atoms with Crippen LogP contribution in [0.5, 0.6) is 0 Å². The molecular formula is C15H7Cl2F3N2.